The molecule has 1 aromatic carbocycles. The summed E-state index contributed by atoms with van der Waals surface area (Å²) in [6.45, 7) is 3.72. The van der Waals surface area contributed by atoms with Crippen molar-refractivity contribution in [2.24, 2.45) is 0 Å². The van der Waals surface area contributed by atoms with E-state index in [1.165, 1.54) is 18.7 Å². The van der Waals surface area contributed by atoms with Gasteiger partial charge in [0.25, 0.3) is 10.0 Å². The van der Waals surface area contributed by atoms with E-state index < -0.39 is 10.0 Å². The highest BCUT2D eigenvalue weighted by Crippen LogP contribution is 2.18. The molecule has 0 N–H and O–H groups in total. The van der Waals surface area contributed by atoms with Gasteiger partial charge in [0.05, 0.1) is 4.90 Å². The van der Waals surface area contributed by atoms with Gasteiger partial charge in [0.15, 0.2) is 0 Å². The molecule has 0 saturated heterocycles. The van der Waals surface area contributed by atoms with E-state index in [2.05, 4.69) is 4.98 Å². The van der Waals surface area contributed by atoms with Crippen LogP contribution in [0.2, 0.25) is 0 Å². The first kappa shape index (κ1) is 10.9. The van der Waals surface area contributed by atoms with E-state index in [0.29, 0.717) is 4.90 Å². The van der Waals surface area contributed by atoms with Crippen molar-refractivity contribution in [1.82, 2.24) is 8.96 Å². The van der Waals surface area contributed by atoms with Gasteiger partial charge < -0.3 is 0 Å². The number of aryl methyl sites for hydroxylation is 2. The smallest absolute Gasteiger partial charge is 0.244 e. The standard InChI is InChI=1S/C11H12N2O2S/c1-9-3-4-11(10(2)7-9)16(14,15)13-6-5-12-8-13/h3-8H,1-2H3. The van der Waals surface area contributed by atoms with E-state index in [1.807, 2.05) is 13.0 Å². The lowest BCUT2D eigenvalue weighted by molar-refractivity contribution is 0.586. The number of hydrogen-bond donors (Lipinski definition) is 0. The minimum atomic E-state index is -3.49. The molecular formula is C11H12N2O2S. The summed E-state index contributed by atoms with van der Waals surface area (Å²) >= 11 is 0. The summed E-state index contributed by atoms with van der Waals surface area (Å²) in [5.41, 5.74) is 1.79. The second-order valence-electron chi connectivity index (χ2n) is 3.67. The molecule has 0 amide bonds. The molecule has 2 rings (SSSR count). The molecule has 4 nitrogen and oxygen atoms in total. The van der Waals surface area contributed by atoms with Crippen LogP contribution in [0, 0.1) is 13.8 Å². The van der Waals surface area contributed by atoms with Crippen LogP contribution in [0.25, 0.3) is 0 Å². The Hall–Kier alpha value is -1.62. The van der Waals surface area contributed by atoms with Gasteiger partial charge in [0.2, 0.25) is 0 Å². The first-order valence-electron chi connectivity index (χ1n) is 4.82. The third kappa shape index (κ3) is 1.74. The molecule has 5 heteroatoms. The highest BCUT2D eigenvalue weighted by Gasteiger charge is 2.18. The lowest BCUT2D eigenvalue weighted by Gasteiger charge is -2.08. The van der Waals surface area contributed by atoms with E-state index in [9.17, 15) is 8.42 Å². The van der Waals surface area contributed by atoms with Crippen molar-refractivity contribution in [1.29, 1.82) is 0 Å². The van der Waals surface area contributed by atoms with E-state index in [0.717, 1.165) is 15.1 Å². The van der Waals surface area contributed by atoms with Crippen LogP contribution in [-0.2, 0) is 10.0 Å². The summed E-state index contributed by atoms with van der Waals surface area (Å²) in [5.74, 6) is 0. The summed E-state index contributed by atoms with van der Waals surface area (Å²) in [6.07, 6.45) is 4.16. The van der Waals surface area contributed by atoms with Gasteiger partial charge >= 0.3 is 0 Å². The van der Waals surface area contributed by atoms with Crippen LogP contribution in [0.5, 0.6) is 0 Å². The summed E-state index contributed by atoms with van der Waals surface area (Å²) < 4.78 is 25.4. The van der Waals surface area contributed by atoms with Gasteiger partial charge in [0.1, 0.15) is 6.33 Å². The van der Waals surface area contributed by atoms with Crippen molar-refractivity contribution in [3.05, 3.63) is 48.0 Å². The topological polar surface area (TPSA) is 52.0 Å². The molecule has 0 saturated carbocycles. The molecule has 0 spiro atoms. The largest absolute Gasteiger partial charge is 0.269 e. The average Bonchev–Trinajstić information content (AvgIpc) is 2.69. The van der Waals surface area contributed by atoms with Crippen molar-refractivity contribution < 1.29 is 8.42 Å². The van der Waals surface area contributed by atoms with Crippen LogP contribution in [0.4, 0.5) is 0 Å². The molecule has 1 aromatic heterocycles. The Labute approximate surface area is 94.6 Å². The molecule has 0 aliphatic carbocycles. The van der Waals surface area contributed by atoms with Crippen molar-refractivity contribution in [3.8, 4) is 0 Å². The molecule has 0 bridgehead atoms. The highest BCUT2D eigenvalue weighted by molar-refractivity contribution is 7.90. The number of nitrogens with zero attached hydrogens (tertiary/aromatic N) is 2. The van der Waals surface area contributed by atoms with Gasteiger partial charge in [-0.25, -0.2) is 17.4 Å². The van der Waals surface area contributed by atoms with Gasteiger partial charge in [0, 0.05) is 12.4 Å². The fourth-order valence-electron chi connectivity index (χ4n) is 1.59. The normalized spacial score (nSPS) is 11.6. The first-order chi connectivity index (χ1) is 7.51. The summed E-state index contributed by atoms with van der Waals surface area (Å²) in [6, 6.07) is 5.26. The van der Waals surface area contributed by atoms with Crippen molar-refractivity contribution in [2.45, 2.75) is 18.7 Å². The molecule has 2 aromatic rings. The van der Waals surface area contributed by atoms with Crippen molar-refractivity contribution >= 4 is 10.0 Å². The van der Waals surface area contributed by atoms with Crippen LogP contribution >= 0.6 is 0 Å². The van der Waals surface area contributed by atoms with Crippen LogP contribution in [-0.4, -0.2) is 17.4 Å². The van der Waals surface area contributed by atoms with E-state index in [4.69, 9.17) is 0 Å². The highest BCUT2D eigenvalue weighted by atomic mass is 32.2. The van der Waals surface area contributed by atoms with E-state index in [-0.39, 0.29) is 0 Å². The Balaban J connectivity index is 2.61. The van der Waals surface area contributed by atoms with Crippen LogP contribution < -0.4 is 0 Å². The van der Waals surface area contributed by atoms with Gasteiger partial charge in [-0.1, -0.05) is 17.7 Å². The molecule has 16 heavy (non-hydrogen) atoms. The minimum absolute atomic E-state index is 0.316. The quantitative estimate of drug-likeness (QED) is 0.798. The summed E-state index contributed by atoms with van der Waals surface area (Å²) in [5, 5.41) is 0. The van der Waals surface area contributed by atoms with Crippen LogP contribution in [0.3, 0.4) is 0 Å². The van der Waals surface area contributed by atoms with Crippen molar-refractivity contribution in [3.63, 3.8) is 0 Å². The van der Waals surface area contributed by atoms with Gasteiger partial charge in [-0.15, -0.1) is 0 Å². The molecule has 1 heterocycles. The Morgan fingerprint density at radius 2 is 2.00 bits per heavy atom. The molecule has 0 atom stereocenters. The summed E-state index contributed by atoms with van der Waals surface area (Å²) in [4.78, 5) is 4.06. The van der Waals surface area contributed by atoms with E-state index in [1.54, 1.807) is 19.1 Å². The second-order valence-corrected chi connectivity index (χ2v) is 5.48. The molecule has 0 radical (unpaired) electrons. The fourth-order valence-corrected chi connectivity index (χ4v) is 2.92. The molecular weight excluding hydrogens is 224 g/mol. The molecule has 0 aliphatic rings. The predicted octanol–water partition coefficient (Wildman–Crippen LogP) is 1.74. The zero-order valence-corrected chi connectivity index (χ0v) is 9.90. The SMILES string of the molecule is Cc1ccc(S(=O)(=O)n2ccnc2)c(C)c1. The number of imidazole rings is 1. The zero-order chi connectivity index (χ0) is 11.8. The molecule has 0 unspecified atom stereocenters. The monoisotopic (exact) mass is 236 g/mol. The summed E-state index contributed by atoms with van der Waals surface area (Å²) in [7, 11) is -3.49. The predicted molar refractivity (Wildman–Crippen MR) is 60.7 cm³/mol. The lowest BCUT2D eigenvalue weighted by atomic mass is 10.2. The fraction of sp³-hybridized carbons (Fsp3) is 0.182. The van der Waals surface area contributed by atoms with Gasteiger partial charge in [-0.2, -0.15) is 0 Å². The van der Waals surface area contributed by atoms with Gasteiger partial charge in [-0.3, -0.25) is 0 Å². The Morgan fingerprint density at radius 3 is 2.56 bits per heavy atom. The van der Waals surface area contributed by atoms with Crippen molar-refractivity contribution in [2.75, 3.05) is 0 Å². The third-order valence-electron chi connectivity index (χ3n) is 2.37. The maximum Gasteiger partial charge on any atom is 0.269 e. The minimum Gasteiger partial charge on any atom is -0.244 e. The zero-order valence-electron chi connectivity index (χ0n) is 9.08. The van der Waals surface area contributed by atoms with E-state index >= 15 is 0 Å². The van der Waals surface area contributed by atoms with Crippen LogP contribution in [0.1, 0.15) is 11.1 Å². The number of hydrogen-bond acceptors (Lipinski definition) is 3. The molecule has 0 fully saturated rings. The Morgan fingerprint density at radius 1 is 1.25 bits per heavy atom. The number of rotatable bonds is 2. The molecule has 0 aliphatic heterocycles. The molecule has 84 valence electrons. The Bertz CT molecular complexity index is 601. The third-order valence-corrected chi connectivity index (χ3v) is 4.15. The number of aromatic nitrogens is 2. The first-order valence-corrected chi connectivity index (χ1v) is 6.26. The van der Waals surface area contributed by atoms with Gasteiger partial charge in [-0.05, 0) is 25.5 Å². The second kappa shape index (κ2) is 3.75. The maximum atomic E-state index is 12.2. The maximum absolute atomic E-state index is 12.2. The number of benzene rings is 1. The Kier molecular flexibility index (Phi) is 2.55. The lowest BCUT2D eigenvalue weighted by Crippen LogP contribution is -2.12. The van der Waals surface area contributed by atoms with Crippen LogP contribution in [0.15, 0.2) is 41.8 Å². The average molecular weight is 236 g/mol.